The van der Waals surface area contributed by atoms with Crippen LogP contribution < -0.4 is 5.73 Å². The van der Waals surface area contributed by atoms with Gasteiger partial charge in [0.05, 0.1) is 0 Å². The van der Waals surface area contributed by atoms with Gasteiger partial charge in [-0.1, -0.05) is 26.7 Å². The maximum absolute atomic E-state index is 6.46. The molecular formula is C15H30N2. The molecule has 2 heteroatoms. The second-order valence-electron chi connectivity index (χ2n) is 6.77. The molecule has 0 heterocycles. The van der Waals surface area contributed by atoms with E-state index in [4.69, 9.17) is 5.73 Å². The molecule has 0 aliphatic heterocycles. The average Bonchev–Trinajstić information content (AvgIpc) is 3.02. The van der Waals surface area contributed by atoms with Gasteiger partial charge in [0.1, 0.15) is 0 Å². The van der Waals surface area contributed by atoms with Gasteiger partial charge >= 0.3 is 0 Å². The zero-order chi connectivity index (χ0) is 12.3. The Morgan fingerprint density at radius 3 is 2.35 bits per heavy atom. The third kappa shape index (κ3) is 4.26. The van der Waals surface area contributed by atoms with Crippen molar-refractivity contribution in [3.63, 3.8) is 0 Å². The molecule has 2 saturated carbocycles. The van der Waals surface area contributed by atoms with Crippen LogP contribution in [0.4, 0.5) is 0 Å². The van der Waals surface area contributed by atoms with Gasteiger partial charge in [-0.2, -0.15) is 0 Å². The predicted molar refractivity (Wildman–Crippen MR) is 74.1 cm³/mol. The minimum atomic E-state index is 0.185. The van der Waals surface area contributed by atoms with Crippen molar-refractivity contribution in [2.45, 2.75) is 76.8 Å². The van der Waals surface area contributed by atoms with Crippen molar-refractivity contribution in [3.8, 4) is 0 Å². The fourth-order valence-corrected chi connectivity index (χ4v) is 3.04. The number of rotatable bonds is 7. The first-order valence-corrected chi connectivity index (χ1v) is 7.62. The third-order valence-electron chi connectivity index (χ3n) is 4.55. The Labute approximate surface area is 107 Å². The molecule has 2 fully saturated rings. The monoisotopic (exact) mass is 238 g/mol. The van der Waals surface area contributed by atoms with Crippen molar-refractivity contribution in [3.05, 3.63) is 0 Å². The van der Waals surface area contributed by atoms with Crippen LogP contribution in [-0.4, -0.2) is 29.6 Å². The lowest BCUT2D eigenvalue weighted by Gasteiger charge is -2.29. The maximum Gasteiger partial charge on any atom is 0.0166 e. The molecule has 0 aromatic heterocycles. The lowest BCUT2D eigenvalue weighted by atomic mass is 9.94. The summed E-state index contributed by atoms with van der Waals surface area (Å²) in [7, 11) is 0. The average molecular weight is 238 g/mol. The summed E-state index contributed by atoms with van der Waals surface area (Å²) < 4.78 is 0. The topological polar surface area (TPSA) is 29.3 Å². The minimum Gasteiger partial charge on any atom is -0.325 e. The van der Waals surface area contributed by atoms with Crippen molar-refractivity contribution in [1.82, 2.24) is 4.90 Å². The van der Waals surface area contributed by atoms with E-state index in [2.05, 4.69) is 18.7 Å². The smallest absolute Gasteiger partial charge is 0.0166 e. The molecule has 2 N–H and O–H groups in total. The highest BCUT2D eigenvalue weighted by molar-refractivity contribution is 4.92. The molecule has 0 aromatic rings. The number of hydrogen-bond acceptors (Lipinski definition) is 2. The molecule has 2 rings (SSSR count). The van der Waals surface area contributed by atoms with Crippen molar-refractivity contribution in [2.75, 3.05) is 13.1 Å². The Morgan fingerprint density at radius 1 is 1.18 bits per heavy atom. The molecule has 0 unspecified atom stereocenters. The molecule has 0 aromatic carbocycles. The van der Waals surface area contributed by atoms with Gasteiger partial charge in [0.2, 0.25) is 0 Å². The number of nitrogens with zero attached hydrogens (tertiary/aromatic N) is 1. The molecule has 0 radical (unpaired) electrons. The van der Waals surface area contributed by atoms with E-state index in [0.29, 0.717) is 0 Å². The van der Waals surface area contributed by atoms with Crippen LogP contribution in [0, 0.1) is 5.92 Å². The molecule has 2 nitrogen and oxygen atoms in total. The predicted octanol–water partition coefficient (Wildman–Crippen LogP) is 3.16. The summed E-state index contributed by atoms with van der Waals surface area (Å²) in [5.41, 5.74) is 6.64. The second kappa shape index (κ2) is 5.71. The first-order chi connectivity index (χ1) is 8.09. The number of hydrogen-bond donors (Lipinski definition) is 1. The van der Waals surface area contributed by atoms with Crippen molar-refractivity contribution in [1.29, 1.82) is 0 Å². The fourth-order valence-electron chi connectivity index (χ4n) is 3.04. The summed E-state index contributed by atoms with van der Waals surface area (Å²) in [6, 6.07) is 0.902. The summed E-state index contributed by atoms with van der Waals surface area (Å²) in [5, 5.41) is 0. The fraction of sp³-hybridized carbons (Fsp3) is 1.00. The van der Waals surface area contributed by atoms with Gasteiger partial charge in [0, 0.05) is 18.1 Å². The largest absolute Gasteiger partial charge is 0.325 e. The molecule has 0 amide bonds. The number of nitrogens with two attached hydrogens (primary N) is 1. The summed E-state index contributed by atoms with van der Waals surface area (Å²) in [6.07, 6.45) is 10.6. The van der Waals surface area contributed by atoms with Gasteiger partial charge in [-0.15, -0.1) is 0 Å². The molecule has 0 atom stereocenters. The maximum atomic E-state index is 6.46. The SMILES string of the molecule is CC(C)CCN(CCC1(N)CCCC1)C1CC1. The standard InChI is InChI=1S/C15H30N2/c1-13(2)7-11-17(14-5-6-14)12-10-15(16)8-3-4-9-15/h13-14H,3-12,16H2,1-2H3. The molecular weight excluding hydrogens is 208 g/mol. The van der Waals surface area contributed by atoms with Crippen LogP contribution in [0.3, 0.4) is 0 Å². The highest BCUT2D eigenvalue weighted by Gasteiger charge is 2.33. The van der Waals surface area contributed by atoms with Gasteiger partial charge in [-0.25, -0.2) is 0 Å². The minimum absolute atomic E-state index is 0.185. The van der Waals surface area contributed by atoms with E-state index in [1.165, 1.54) is 64.5 Å². The highest BCUT2D eigenvalue weighted by Crippen LogP contribution is 2.32. The highest BCUT2D eigenvalue weighted by atomic mass is 15.2. The van der Waals surface area contributed by atoms with E-state index >= 15 is 0 Å². The van der Waals surface area contributed by atoms with Gasteiger partial charge < -0.3 is 10.6 Å². The Morgan fingerprint density at radius 2 is 1.82 bits per heavy atom. The molecule has 0 saturated heterocycles. The van der Waals surface area contributed by atoms with Crippen LogP contribution in [0.5, 0.6) is 0 Å². The van der Waals surface area contributed by atoms with Crippen LogP contribution >= 0.6 is 0 Å². The second-order valence-corrected chi connectivity index (χ2v) is 6.77. The van der Waals surface area contributed by atoms with E-state index < -0.39 is 0 Å². The lowest BCUT2D eigenvalue weighted by Crippen LogP contribution is -2.41. The van der Waals surface area contributed by atoms with Crippen molar-refractivity contribution < 1.29 is 0 Å². The normalized spacial score (nSPS) is 23.8. The quantitative estimate of drug-likeness (QED) is 0.738. The van der Waals surface area contributed by atoms with E-state index in [9.17, 15) is 0 Å². The van der Waals surface area contributed by atoms with Crippen LogP contribution in [0.25, 0.3) is 0 Å². The molecule has 100 valence electrons. The summed E-state index contributed by atoms with van der Waals surface area (Å²) >= 11 is 0. The van der Waals surface area contributed by atoms with Crippen molar-refractivity contribution >= 4 is 0 Å². The molecule has 2 aliphatic rings. The van der Waals surface area contributed by atoms with E-state index in [1.54, 1.807) is 0 Å². The van der Waals surface area contributed by atoms with E-state index in [1.807, 2.05) is 0 Å². The summed E-state index contributed by atoms with van der Waals surface area (Å²) in [6.45, 7) is 7.19. The summed E-state index contributed by atoms with van der Waals surface area (Å²) in [5.74, 6) is 0.828. The third-order valence-corrected chi connectivity index (χ3v) is 4.55. The Hall–Kier alpha value is -0.0800. The van der Waals surface area contributed by atoms with Crippen LogP contribution in [0.2, 0.25) is 0 Å². The van der Waals surface area contributed by atoms with Gasteiger partial charge in [-0.3, -0.25) is 0 Å². The first kappa shape index (κ1) is 13.4. The Kier molecular flexibility index (Phi) is 4.48. The molecule has 17 heavy (non-hydrogen) atoms. The first-order valence-electron chi connectivity index (χ1n) is 7.62. The Bertz CT molecular complexity index is 227. The van der Waals surface area contributed by atoms with Gasteiger partial charge in [-0.05, 0) is 51.0 Å². The van der Waals surface area contributed by atoms with E-state index in [0.717, 1.165) is 12.0 Å². The van der Waals surface area contributed by atoms with Gasteiger partial charge in [0.25, 0.3) is 0 Å². The van der Waals surface area contributed by atoms with Crippen molar-refractivity contribution in [2.24, 2.45) is 11.7 Å². The van der Waals surface area contributed by atoms with Crippen LogP contribution in [-0.2, 0) is 0 Å². The zero-order valence-corrected chi connectivity index (χ0v) is 11.8. The molecule has 0 spiro atoms. The zero-order valence-electron chi connectivity index (χ0n) is 11.8. The van der Waals surface area contributed by atoms with Gasteiger partial charge in [0.15, 0.2) is 0 Å². The van der Waals surface area contributed by atoms with E-state index in [-0.39, 0.29) is 5.54 Å². The summed E-state index contributed by atoms with van der Waals surface area (Å²) in [4.78, 5) is 2.72. The lowest BCUT2D eigenvalue weighted by molar-refractivity contribution is 0.219. The molecule has 0 bridgehead atoms. The van der Waals surface area contributed by atoms with Crippen LogP contribution in [0.15, 0.2) is 0 Å². The molecule has 2 aliphatic carbocycles. The Balaban J connectivity index is 1.73. The van der Waals surface area contributed by atoms with Crippen LogP contribution in [0.1, 0.15) is 65.2 Å².